The summed E-state index contributed by atoms with van der Waals surface area (Å²) < 4.78 is 0. The minimum Gasteiger partial charge on any atom is -0.368 e. The van der Waals surface area contributed by atoms with E-state index in [2.05, 4.69) is 10.6 Å². The van der Waals surface area contributed by atoms with Crippen molar-refractivity contribution in [3.8, 4) is 0 Å². The molecule has 9 heteroatoms. The highest BCUT2D eigenvalue weighted by Gasteiger charge is 2.61. The molecule has 1 aliphatic heterocycles. The van der Waals surface area contributed by atoms with Crippen molar-refractivity contribution in [2.75, 3.05) is 6.54 Å². The first-order chi connectivity index (χ1) is 12.3. The molecular formula is C17H22N4O4S. The smallest absolute Gasteiger partial charge is 0.325 e. The first-order valence-electron chi connectivity index (χ1n) is 8.54. The molecule has 2 aliphatic rings. The van der Waals surface area contributed by atoms with Gasteiger partial charge in [0.1, 0.15) is 12.6 Å². The maximum absolute atomic E-state index is 13.1. The van der Waals surface area contributed by atoms with Crippen LogP contribution in [0.15, 0.2) is 17.5 Å². The second kappa shape index (κ2) is 6.71. The summed E-state index contributed by atoms with van der Waals surface area (Å²) in [6.07, 6.45) is 1.70. The molecular weight excluding hydrogens is 356 g/mol. The predicted molar refractivity (Wildman–Crippen MR) is 94.9 cm³/mol. The number of nitrogens with two attached hydrogens (primary N) is 1. The summed E-state index contributed by atoms with van der Waals surface area (Å²) in [5.41, 5.74) is 4.22. The zero-order valence-electron chi connectivity index (χ0n) is 14.7. The van der Waals surface area contributed by atoms with Crippen molar-refractivity contribution < 1.29 is 19.2 Å². The van der Waals surface area contributed by atoms with Crippen LogP contribution in [-0.4, -0.2) is 41.2 Å². The van der Waals surface area contributed by atoms with E-state index in [9.17, 15) is 19.2 Å². The van der Waals surface area contributed by atoms with Gasteiger partial charge in [0.25, 0.3) is 5.91 Å². The summed E-state index contributed by atoms with van der Waals surface area (Å²) in [4.78, 5) is 51.0. The molecule has 0 bridgehead atoms. The van der Waals surface area contributed by atoms with Crippen molar-refractivity contribution in [1.29, 1.82) is 0 Å². The van der Waals surface area contributed by atoms with Gasteiger partial charge in [-0.25, -0.2) is 4.79 Å². The number of nitrogens with one attached hydrogen (secondary N) is 2. The van der Waals surface area contributed by atoms with Gasteiger partial charge in [0.15, 0.2) is 5.54 Å². The Morgan fingerprint density at radius 2 is 2.12 bits per heavy atom. The zero-order chi connectivity index (χ0) is 19.1. The van der Waals surface area contributed by atoms with Gasteiger partial charge in [-0.2, -0.15) is 0 Å². The lowest BCUT2D eigenvalue weighted by Gasteiger charge is -2.25. The standard InChI is InChI=1S/C17H22N4O4S/c1-9(2)13(14(18)23)19-12(22)8-21-15(24)17(10-5-6-10,20-16(21)25)11-4-3-7-26-11/h3-4,7,9-10,13H,5-6,8H2,1-2H3,(H2,18,23)(H,19,22)(H,20,25)/t13-,17?/m0/s1. The normalized spacial score (nSPS) is 23.9. The molecule has 1 aromatic heterocycles. The van der Waals surface area contributed by atoms with E-state index < -0.39 is 41.9 Å². The van der Waals surface area contributed by atoms with Gasteiger partial charge in [-0.1, -0.05) is 19.9 Å². The Labute approximate surface area is 155 Å². The van der Waals surface area contributed by atoms with Gasteiger partial charge in [0.2, 0.25) is 11.8 Å². The number of rotatable bonds is 7. The molecule has 3 rings (SSSR count). The number of imide groups is 1. The van der Waals surface area contributed by atoms with Crippen LogP contribution in [-0.2, 0) is 19.9 Å². The Morgan fingerprint density at radius 1 is 1.42 bits per heavy atom. The first-order valence-corrected chi connectivity index (χ1v) is 9.42. The molecule has 1 aromatic rings. The van der Waals surface area contributed by atoms with Crippen LogP contribution in [0.1, 0.15) is 31.6 Å². The Morgan fingerprint density at radius 3 is 2.62 bits per heavy atom. The molecule has 0 spiro atoms. The molecule has 0 radical (unpaired) electrons. The number of hydrogen-bond acceptors (Lipinski definition) is 5. The number of amides is 5. The monoisotopic (exact) mass is 378 g/mol. The number of nitrogens with zero attached hydrogens (tertiary/aromatic N) is 1. The lowest BCUT2D eigenvalue weighted by Crippen LogP contribution is -2.51. The maximum Gasteiger partial charge on any atom is 0.325 e. The van der Waals surface area contributed by atoms with Crippen LogP contribution in [0.2, 0.25) is 0 Å². The molecule has 0 aromatic carbocycles. The summed E-state index contributed by atoms with van der Waals surface area (Å²) in [6.45, 7) is 3.05. The Bertz CT molecular complexity index is 744. The van der Waals surface area contributed by atoms with Gasteiger partial charge in [0.05, 0.1) is 0 Å². The van der Waals surface area contributed by atoms with Crippen LogP contribution in [0.25, 0.3) is 0 Å². The van der Waals surface area contributed by atoms with Crippen molar-refractivity contribution in [3.05, 3.63) is 22.4 Å². The molecule has 140 valence electrons. The summed E-state index contributed by atoms with van der Waals surface area (Å²) in [5.74, 6) is -1.82. The summed E-state index contributed by atoms with van der Waals surface area (Å²) in [6, 6.07) is 2.21. The Balaban J connectivity index is 1.77. The Hall–Kier alpha value is -2.42. The van der Waals surface area contributed by atoms with Crippen molar-refractivity contribution in [2.24, 2.45) is 17.6 Å². The zero-order valence-corrected chi connectivity index (χ0v) is 15.5. The summed E-state index contributed by atoms with van der Waals surface area (Å²) in [7, 11) is 0. The third-order valence-electron chi connectivity index (χ3n) is 4.82. The highest BCUT2D eigenvalue weighted by molar-refractivity contribution is 7.10. The van der Waals surface area contributed by atoms with Gasteiger partial charge < -0.3 is 16.4 Å². The number of primary amides is 1. The largest absolute Gasteiger partial charge is 0.368 e. The van der Waals surface area contributed by atoms with Crippen LogP contribution >= 0.6 is 11.3 Å². The fourth-order valence-electron chi connectivity index (χ4n) is 3.33. The van der Waals surface area contributed by atoms with Crippen LogP contribution in [0.5, 0.6) is 0 Å². The van der Waals surface area contributed by atoms with Crippen LogP contribution in [0.4, 0.5) is 4.79 Å². The van der Waals surface area contributed by atoms with E-state index in [1.54, 1.807) is 13.8 Å². The third-order valence-corrected chi connectivity index (χ3v) is 5.83. The average molecular weight is 378 g/mol. The molecule has 2 atom stereocenters. The number of urea groups is 1. The molecule has 1 saturated carbocycles. The second-order valence-electron chi connectivity index (χ2n) is 7.07. The first kappa shape index (κ1) is 18.4. The SMILES string of the molecule is CC(C)[C@H](NC(=O)CN1C(=O)NC(c2cccs2)(C2CC2)C1=O)C(N)=O. The number of hydrogen-bond donors (Lipinski definition) is 3. The van der Waals surface area contributed by atoms with E-state index in [1.165, 1.54) is 11.3 Å². The highest BCUT2D eigenvalue weighted by atomic mass is 32.1. The second-order valence-corrected chi connectivity index (χ2v) is 8.02. The average Bonchev–Trinajstić information content (AvgIpc) is 3.21. The fourth-order valence-corrected chi connectivity index (χ4v) is 4.28. The van der Waals surface area contributed by atoms with Crippen LogP contribution in [0, 0.1) is 11.8 Å². The minimum atomic E-state index is -1.08. The van der Waals surface area contributed by atoms with Gasteiger partial charge in [-0.15, -0.1) is 11.3 Å². The predicted octanol–water partition coefficient (Wildman–Crippen LogP) is 0.531. The summed E-state index contributed by atoms with van der Waals surface area (Å²) in [5, 5.41) is 7.17. The van der Waals surface area contributed by atoms with Gasteiger partial charge in [-0.3, -0.25) is 19.3 Å². The number of carbonyl (C=O) groups excluding carboxylic acids is 4. The van der Waals surface area contributed by atoms with Crippen molar-refractivity contribution in [3.63, 3.8) is 0 Å². The van der Waals surface area contributed by atoms with Gasteiger partial charge >= 0.3 is 6.03 Å². The molecule has 8 nitrogen and oxygen atoms in total. The van der Waals surface area contributed by atoms with E-state index in [0.717, 1.165) is 22.6 Å². The maximum atomic E-state index is 13.1. The van der Waals surface area contributed by atoms with E-state index in [4.69, 9.17) is 5.73 Å². The quantitative estimate of drug-likeness (QED) is 0.599. The van der Waals surface area contributed by atoms with Crippen molar-refractivity contribution >= 4 is 35.1 Å². The fraction of sp³-hybridized carbons (Fsp3) is 0.529. The van der Waals surface area contributed by atoms with Gasteiger partial charge in [0, 0.05) is 4.88 Å². The van der Waals surface area contributed by atoms with Crippen molar-refractivity contribution in [1.82, 2.24) is 15.5 Å². The number of thiophene rings is 1. The lowest BCUT2D eigenvalue weighted by atomic mass is 9.91. The molecule has 2 heterocycles. The van der Waals surface area contributed by atoms with Gasteiger partial charge in [-0.05, 0) is 36.1 Å². The van der Waals surface area contributed by atoms with E-state index in [1.807, 2.05) is 17.5 Å². The van der Waals surface area contributed by atoms with Crippen LogP contribution < -0.4 is 16.4 Å². The molecule has 4 N–H and O–H groups in total. The topological polar surface area (TPSA) is 122 Å². The number of carbonyl (C=O) groups is 4. The molecule has 5 amide bonds. The highest BCUT2D eigenvalue weighted by Crippen LogP contribution is 2.50. The third kappa shape index (κ3) is 3.07. The lowest BCUT2D eigenvalue weighted by molar-refractivity contribution is -0.136. The van der Waals surface area contributed by atoms with E-state index in [0.29, 0.717) is 0 Å². The Kier molecular flexibility index (Phi) is 4.74. The molecule has 1 unspecified atom stereocenters. The molecule has 2 fully saturated rings. The van der Waals surface area contributed by atoms with Crippen LogP contribution in [0.3, 0.4) is 0 Å². The molecule has 1 aliphatic carbocycles. The molecule has 26 heavy (non-hydrogen) atoms. The van der Waals surface area contributed by atoms with E-state index >= 15 is 0 Å². The van der Waals surface area contributed by atoms with E-state index in [-0.39, 0.29) is 11.8 Å². The minimum absolute atomic E-state index is 0.0414. The molecule has 1 saturated heterocycles. The van der Waals surface area contributed by atoms with Crippen molar-refractivity contribution in [2.45, 2.75) is 38.3 Å². The summed E-state index contributed by atoms with van der Waals surface area (Å²) >= 11 is 1.41.